The second-order valence-corrected chi connectivity index (χ2v) is 8.81. The number of imidazole rings is 1. The van der Waals surface area contributed by atoms with E-state index in [4.69, 9.17) is 4.98 Å². The van der Waals surface area contributed by atoms with E-state index in [1.807, 2.05) is 25.7 Å². The predicted octanol–water partition coefficient (Wildman–Crippen LogP) is 4.94. The molecule has 1 saturated heterocycles. The Morgan fingerprint density at radius 2 is 2.19 bits per heavy atom. The molecule has 1 unspecified atom stereocenters. The van der Waals surface area contributed by atoms with Crippen LogP contribution in [0.4, 0.5) is 4.79 Å². The van der Waals surface area contributed by atoms with Gasteiger partial charge in [0.05, 0.1) is 17.1 Å². The van der Waals surface area contributed by atoms with Crippen LogP contribution in [0.2, 0.25) is 0 Å². The van der Waals surface area contributed by atoms with Crippen LogP contribution in [0.1, 0.15) is 45.5 Å². The van der Waals surface area contributed by atoms with Crippen molar-refractivity contribution in [2.75, 3.05) is 6.54 Å². The quantitative estimate of drug-likeness (QED) is 0.673. The number of thiophene rings is 1. The smallest absolute Gasteiger partial charge is 0.318 e. The molecule has 136 valence electrons. The maximum atomic E-state index is 12.6. The number of rotatable bonds is 2. The first-order valence-corrected chi connectivity index (χ1v) is 9.91. The lowest BCUT2D eigenvalue weighted by Gasteiger charge is -2.28. The van der Waals surface area contributed by atoms with Crippen molar-refractivity contribution in [3.63, 3.8) is 0 Å². The minimum Gasteiger partial charge on any atom is -0.340 e. The highest BCUT2D eigenvalue weighted by Gasteiger charge is 2.33. The van der Waals surface area contributed by atoms with E-state index in [-0.39, 0.29) is 17.6 Å². The number of nitrogens with one attached hydrogen (secondary N) is 2. The molecule has 0 saturated carbocycles. The third kappa shape index (κ3) is 3.33. The average Bonchev–Trinajstić information content (AvgIpc) is 3.31. The largest absolute Gasteiger partial charge is 0.340 e. The van der Waals surface area contributed by atoms with E-state index < -0.39 is 0 Å². The second kappa shape index (κ2) is 6.43. The fraction of sp³-hybridized carbons (Fsp3) is 0.400. The van der Waals surface area contributed by atoms with Crippen molar-refractivity contribution < 1.29 is 4.79 Å². The number of hydrogen-bond donors (Lipinski definition) is 2. The van der Waals surface area contributed by atoms with Gasteiger partial charge in [0.2, 0.25) is 0 Å². The molecule has 2 amide bonds. The molecule has 1 aromatic carbocycles. The van der Waals surface area contributed by atoms with Crippen LogP contribution in [0.15, 0.2) is 35.7 Å². The van der Waals surface area contributed by atoms with Gasteiger partial charge in [-0.3, -0.25) is 0 Å². The summed E-state index contributed by atoms with van der Waals surface area (Å²) in [5.74, 6) is 0.880. The standard InChI is InChI=1S/C20H24N4OS/c1-20(2,3)23-19(25)24-10-4-6-16(24)18-21-14-9-8-13(12-15(14)22-18)17-7-5-11-26-17/h5,7-9,11-12,16H,4,6,10H2,1-3H3,(H,21,22)(H,23,25). The molecule has 1 aliphatic rings. The molecule has 3 aromatic rings. The van der Waals surface area contributed by atoms with Gasteiger partial charge in [0.15, 0.2) is 0 Å². The molecule has 1 fully saturated rings. The topological polar surface area (TPSA) is 61.0 Å². The Bertz CT molecular complexity index is 923. The number of fused-ring (bicyclic) bond motifs is 1. The molecule has 0 aliphatic carbocycles. The van der Waals surface area contributed by atoms with Gasteiger partial charge in [-0.05, 0) is 62.8 Å². The first-order chi connectivity index (χ1) is 12.4. The lowest BCUT2D eigenvalue weighted by atomic mass is 10.1. The van der Waals surface area contributed by atoms with Gasteiger partial charge in [-0.25, -0.2) is 9.78 Å². The molecular weight excluding hydrogens is 344 g/mol. The van der Waals surface area contributed by atoms with Crippen LogP contribution in [0.5, 0.6) is 0 Å². The molecule has 3 heterocycles. The predicted molar refractivity (Wildman–Crippen MR) is 106 cm³/mol. The Hall–Kier alpha value is -2.34. The number of carbonyl (C=O) groups excluding carboxylic acids is 1. The second-order valence-electron chi connectivity index (χ2n) is 7.86. The molecule has 2 aromatic heterocycles. The lowest BCUT2D eigenvalue weighted by Crippen LogP contribution is -2.48. The summed E-state index contributed by atoms with van der Waals surface area (Å²) in [6.07, 6.45) is 1.94. The highest BCUT2D eigenvalue weighted by atomic mass is 32.1. The van der Waals surface area contributed by atoms with Crippen molar-refractivity contribution in [3.8, 4) is 10.4 Å². The minimum atomic E-state index is -0.242. The van der Waals surface area contributed by atoms with Crippen molar-refractivity contribution >= 4 is 28.4 Å². The number of amides is 2. The lowest BCUT2D eigenvalue weighted by molar-refractivity contribution is 0.182. The molecular formula is C20H24N4OS. The SMILES string of the molecule is CC(C)(C)NC(=O)N1CCCC1c1nc2ccc(-c3cccs3)cc2[nH]1. The fourth-order valence-corrected chi connectivity index (χ4v) is 4.19. The first kappa shape index (κ1) is 17.1. The maximum absolute atomic E-state index is 12.6. The summed E-state index contributed by atoms with van der Waals surface area (Å²) >= 11 is 1.73. The number of benzene rings is 1. The summed E-state index contributed by atoms with van der Waals surface area (Å²) in [7, 11) is 0. The molecule has 4 rings (SSSR count). The van der Waals surface area contributed by atoms with Gasteiger partial charge in [-0.15, -0.1) is 11.3 Å². The molecule has 0 spiro atoms. The van der Waals surface area contributed by atoms with Gasteiger partial charge >= 0.3 is 6.03 Å². The molecule has 1 aliphatic heterocycles. The number of nitrogens with zero attached hydrogens (tertiary/aromatic N) is 2. The van der Waals surface area contributed by atoms with E-state index >= 15 is 0 Å². The average molecular weight is 369 g/mol. The summed E-state index contributed by atoms with van der Waals surface area (Å²) in [5, 5.41) is 5.15. The van der Waals surface area contributed by atoms with Crippen LogP contribution in [-0.4, -0.2) is 33.0 Å². The van der Waals surface area contributed by atoms with Crippen LogP contribution in [0, 0.1) is 0 Å². The Morgan fingerprint density at radius 3 is 2.92 bits per heavy atom. The highest BCUT2D eigenvalue weighted by Crippen LogP contribution is 2.33. The first-order valence-electron chi connectivity index (χ1n) is 9.03. The molecule has 2 N–H and O–H groups in total. The Morgan fingerprint density at radius 1 is 1.35 bits per heavy atom. The van der Waals surface area contributed by atoms with Crippen LogP contribution >= 0.6 is 11.3 Å². The summed E-state index contributed by atoms with van der Waals surface area (Å²) in [6.45, 7) is 6.78. The minimum absolute atomic E-state index is 0.00920. The van der Waals surface area contributed by atoms with E-state index in [1.165, 1.54) is 10.4 Å². The van der Waals surface area contributed by atoms with Gasteiger partial charge in [0.25, 0.3) is 0 Å². The fourth-order valence-electron chi connectivity index (χ4n) is 3.47. The van der Waals surface area contributed by atoms with Gasteiger partial charge < -0.3 is 15.2 Å². The molecule has 5 nitrogen and oxygen atoms in total. The third-order valence-electron chi connectivity index (χ3n) is 4.62. The van der Waals surface area contributed by atoms with Crippen molar-refractivity contribution in [2.45, 2.75) is 45.2 Å². The van der Waals surface area contributed by atoms with E-state index in [1.54, 1.807) is 11.3 Å². The third-order valence-corrected chi connectivity index (χ3v) is 5.54. The van der Waals surface area contributed by atoms with Gasteiger partial charge in [0, 0.05) is 17.0 Å². The maximum Gasteiger partial charge on any atom is 0.318 e. The highest BCUT2D eigenvalue weighted by molar-refractivity contribution is 7.13. The summed E-state index contributed by atoms with van der Waals surface area (Å²) in [5.41, 5.74) is 2.92. The van der Waals surface area contributed by atoms with Gasteiger partial charge in [-0.1, -0.05) is 12.1 Å². The zero-order valence-corrected chi connectivity index (χ0v) is 16.2. The Balaban J connectivity index is 1.62. The summed E-state index contributed by atoms with van der Waals surface area (Å²) < 4.78 is 0. The van der Waals surface area contributed by atoms with Crippen molar-refractivity contribution in [1.82, 2.24) is 20.2 Å². The van der Waals surface area contributed by atoms with Crippen molar-refractivity contribution in [1.29, 1.82) is 0 Å². The Labute approximate surface area is 157 Å². The molecule has 1 atom stereocenters. The Kier molecular flexibility index (Phi) is 4.23. The zero-order valence-electron chi connectivity index (χ0n) is 15.4. The van der Waals surface area contributed by atoms with E-state index in [2.05, 4.69) is 46.0 Å². The van der Waals surface area contributed by atoms with E-state index in [0.717, 1.165) is 36.2 Å². The number of aromatic amines is 1. The summed E-state index contributed by atoms with van der Waals surface area (Å²) in [4.78, 5) is 24.0. The molecule has 0 bridgehead atoms. The number of H-pyrrole nitrogens is 1. The number of likely N-dealkylation sites (tertiary alicyclic amines) is 1. The van der Waals surface area contributed by atoms with Crippen LogP contribution in [0.3, 0.4) is 0 Å². The van der Waals surface area contributed by atoms with Crippen LogP contribution < -0.4 is 5.32 Å². The number of urea groups is 1. The molecule has 0 radical (unpaired) electrons. The number of hydrogen-bond acceptors (Lipinski definition) is 3. The van der Waals surface area contributed by atoms with Crippen molar-refractivity contribution in [2.24, 2.45) is 0 Å². The normalized spacial score (nSPS) is 17.8. The summed E-state index contributed by atoms with van der Waals surface area (Å²) in [6, 6.07) is 10.5. The van der Waals surface area contributed by atoms with Gasteiger partial charge in [0.1, 0.15) is 5.82 Å². The van der Waals surface area contributed by atoms with Crippen molar-refractivity contribution in [3.05, 3.63) is 41.5 Å². The zero-order chi connectivity index (χ0) is 18.3. The monoisotopic (exact) mass is 368 g/mol. The van der Waals surface area contributed by atoms with E-state index in [0.29, 0.717) is 0 Å². The molecule has 26 heavy (non-hydrogen) atoms. The van der Waals surface area contributed by atoms with Gasteiger partial charge in [-0.2, -0.15) is 0 Å². The van der Waals surface area contributed by atoms with E-state index in [9.17, 15) is 4.79 Å². The number of carbonyl (C=O) groups is 1. The van der Waals surface area contributed by atoms with Crippen LogP contribution in [0.25, 0.3) is 21.5 Å². The molecule has 6 heteroatoms. The van der Waals surface area contributed by atoms with Crippen LogP contribution in [-0.2, 0) is 0 Å². The number of aromatic nitrogens is 2.